The molecule has 0 fully saturated rings. The maximum atomic E-state index is 6.61. The van der Waals surface area contributed by atoms with Crippen molar-refractivity contribution in [1.29, 1.82) is 0 Å². The summed E-state index contributed by atoms with van der Waals surface area (Å²) >= 11 is 0. The summed E-state index contributed by atoms with van der Waals surface area (Å²) in [4.78, 5) is 4.72. The molecule has 2 aromatic heterocycles. The van der Waals surface area contributed by atoms with Crippen molar-refractivity contribution < 1.29 is 8.83 Å². The molecule has 0 saturated heterocycles. The summed E-state index contributed by atoms with van der Waals surface area (Å²) in [5, 5.41) is 15.1. The van der Waals surface area contributed by atoms with Gasteiger partial charge in [-0.15, -0.1) is 0 Å². The zero-order valence-corrected chi connectivity index (χ0v) is 41.3. The van der Waals surface area contributed by atoms with E-state index in [2.05, 4.69) is 253 Å². The van der Waals surface area contributed by atoms with Crippen molar-refractivity contribution in [2.75, 3.05) is 9.80 Å². The Balaban J connectivity index is 0.878. The summed E-state index contributed by atoms with van der Waals surface area (Å²) in [5.74, 6) is 0. The first-order valence-corrected chi connectivity index (χ1v) is 28.2. The summed E-state index contributed by atoms with van der Waals surface area (Å²) in [5.41, 5.74) is 15.1. The first-order chi connectivity index (χ1) is 36.0. The van der Waals surface area contributed by atoms with Crippen LogP contribution in [0.2, 0.25) is 13.1 Å². The van der Waals surface area contributed by atoms with Crippen molar-refractivity contribution in [1.82, 2.24) is 0 Å². The lowest BCUT2D eigenvalue weighted by molar-refractivity contribution is 0.668. The van der Waals surface area contributed by atoms with Crippen molar-refractivity contribution in [3.63, 3.8) is 0 Å². The van der Waals surface area contributed by atoms with Crippen LogP contribution < -0.4 is 20.2 Å². The number of para-hydroxylation sites is 5. The summed E-state index contributed by atoms with van der Waals surface area (Å²) in [7, 11) is -2.28. The molecule has 0 radical (unpaired) electrons. The van der Waals surface area contributed by atoms with Gasteiger partial charge < -0.3 is 18.6 Å². The Morgan fingerprint density at radius 3 is 1.60 bits per heavy atom. The van der Waals surface area contributed by atoms with E-state index in [1.807, 2.05) is 12.1 Å². The normalized spacial score (nSPS) is 12.9. The molecule has 12 aromatic carbocycles. The van der Waals surface area contributed by atoms with Gasteiger partial charge in [-0.05, 0) is 162 Å². The van der Waals surface area contributed by atoms with Crippen molar-refractivity contribution in [2.45, 2.75) is 13.1 Å². The van der Waals surface area contributed by atoms with E-state index in [1.54, 1.807) is 0 Å². The Kier molecular flexibility index (Phi) is 9.08. The molecule has 0 amide bonds. The van der Waals surface area contributed by atoms with Crippen LogP contribution in [-0.2, 0) is 0 Å². The number of benzene rings is 12. The highest BCUT2D eigenvalue weighted by Crippen LogP contribution is 2.47. The maximum Gasteiger partial charge on any atom is 0.159 e. The van der Waals surface area contributed by atoms with E-state index >= 15 is 0 Å². The molecule has 73 heavy (non-hydrogen) atoms. The molecule has 0 bridgehead atoms. The number of fused-ring (bicyclic) bond motifs is 12. The molecule has 14 aromatic rings. The predicted molar refractivity (Wildman–Crippen MR) is 311 cm³/mol. The third-order valence-corrected chi connectivity index (χ3v) is 19.1. The monoisotopic (exact) mass is 950 g/mol. The van der Waals surface area contributed by atoms with Gasteiger partial charge in [0, 0.05) is 50.0 Å². The largest absolute Gasteiger partial charge is 0.456 e. The third kappa shape index (κ3) is 6.32. The van der Waals surface area contributed by atoms with Crippen molar-refractivity contribution in [3.05, 3.63) is 243 Å². The van der Waals surface area contributed by atoms with Gasteiger partial charge in [-0.3, -0.25) is 0 Å². The second kappa shape index (κ2) is 15.9. The first kappa shape index (κ1) is 41.6. The lowest BCUT2D eigenvalue weighted by atomic mass is 9.87. The second-order valence-electron chi connectivity index (χ2n) is 20.0. The lowest BCUT2D eigenvalue weighted by Gasteiger charge is -2.35. The van der Waals surface area contributed by atoms with Crippen LogP contribution in [0.15, 0.2) is 251 Å². The average Bonchev–Trinajstić information content (AvgIpc) is 4.03. The van der Waals surface area contributed by atoms with Gasteiger partial charge >= 0.3 is 0 Å². The molecule has 5 heteroatoms. The quantitative estimate of drug-likeness (QED) is 0.118. The number of nitrogens with zero attached hydrogens (tertiary/aromatic N) is 2. The zero-order valence-electron chi connectivity index (χ0n) is 40.3. The van der Waals surface area contributed by atoms with Crippen LogP contribution in [0.4, 0.5) is 34.1 Å². The molecule has 0 aliphatic carbocycles. The number of anilines is 6. The number of hydrogen-bond donors (Lipinski definition) is 0. The van der Waals surface area contributed by atoms with Crippen LogP contribution in [-0.4, -0.2) is 8.07 Å². The van der Waals surface area contributed by atoms with Gasteiger partial charge in [0.25, 0.3) is 0 Å². The summed E-state index contributed by atoms with van der Waals surface area (Å²) in [6, 6.07) is 88.4. The predicted octanol–water partition coefficient (Wildman–Crippen LogP) is 18.4. The Bertz CT molecular complexity index is 4540. The molecule has 1 aliphatic heterocycles. The minimum Gasteiger partial charge on any atom is -0.456 e. The molecule has 344 valence electrons. The Hall–Kier alpha value is -9.16. The second-order valence-corrected chi connectivity index (χ2v) is 24.3. The van der Waals surface area contributed by atoms with E-state index in [-0.39, 0.29) is 0 Å². The SMILES string of the molecule is C[Si]1(C)c2cc(N(c3ccccc3)c3ccc4oc5ccccc5c4c3)ccc2-c2cc3c4ccccc4c(-c4ccc(N(c5ccccc5)c5cccc6c5oc5ccccc56)cc4)cc3c3cccc1c23. The van der Waals surface area contributed by atoms with E-state index in [0.717, 1.165) is 78.0 Å². The van der Waals surface area contributed by atoms with Crippen LogP contribution in [0.5, 0.6) is 0 Å². The molecule has 3 heterocycles. The zero-order chi connectivity index (χ0) is 48.4. The van der Waals surface area contributed by atoms with Crippen molar-refractivity contribution >= 4 is 129 Å². The van der Waals surface area contributed by atoms with E-state index in [9.17, 15) is 0 Å². The molecule has 15 rings (SSSR count). The molecule has 0 saturated carbocycles. The van der Waals surface area contributed by atoms with Gasteiger partial charge in [-0.25, -0.2) is 0 Å². The van der Waals surface area contributed by atoms with E-state index in [0.29, 0.717) is 0 Å². The fourth-order valence-corrected chi connectivity index (χ4v) is 15.3. The molecule has 0 N–H and O–H groups in total. The molecule has 1 aliphatic rings. The fraction of sp³-hybridized carbons (Fsp3) is 0.0294. The highest BCUT2D eigenvalue weighted by atomic mass is 28.3. The van der Waals surface area contributed by atoms with Crippen LogP contribution in [0.1, 0.15) is 0 Å². The van der Waals surface area contributed by atoms with Gasteiger partial charge in [0.05, 0.1) is 5.69 Å². The highest BCUT2D eigenvalue weighted by Gasteiger charge is 2.37. The average molecular weight is 951 g/mol. The Labute approximate surface area is 423 Å². The smallest absolute Gasteiger partial charge is 0.159 e. The van der Waals surface area contributed by atoms with Gasteiger partial charge in [0.2, 0.25) is 0 Å². The van der Waals surface area contributed by atoms with Gasteiger partial charge in [-0.2, -0.15) is 0 Å². The van der Waals surface area contributed by atoms with Crippen LogP contribution in [0.25, 0.3) is 98.4 Å². The maximum absolute atomic E-state index is 6.61. The van der Waals surface area contributed by atoms with Gasteiger partial charge in [0.15, 0.2) is 5.58 Å². The number of hydrogen-bond acceptors (Lipinski definition) is 4. The topological polar surface area (TPSA) is 32.8 Å². The van der Waals surface area contributed by atoms with Crippen LogP contribution in [0.3, 0.4) is 0 Å². The lowest BCUT2D eigenvalue weighted by Crippen LogP contribution is -2.56. The minimum absolute atomic E-state index is 0.872. The van der Waals surface area contributed by atoms with Crippen molar-refractivity contribution in [2.24, 2.45) is 0 Å². The molecular formula is C68H46N2O2Si. The number of furan rings is 2. The van der Waals surface area contributed by atoms with E-state index in [4.69, 9.17) is 8.83 Å². The molecule has 0 atom stereocenters. The van der Waals surface area contributed by atoms with Gasteiger partial charge in [0.1, 0.15) is 24.8 Å². The Morgan fingerprint density at radius 1 is 0.301 bits per heavy atom. The Morgan fingerprint density at radius 2 is 0.836 bits per heavy atom. The fourth-order valence-electron chi connectivity index (χ4n) is 12.2. The highest BCUT2D eigenvalue weighted by molar-refractivity contribution is 7.03. The molecule has 4 nitrogen and oxygen atoms in total. The standard InChI is InChI=1S/C68H46N2O2Si/c1-73(2)65-30-16-25-54-58-41-56(43-31-33-46(34-32-43)70(45-19-7-4-8-20-45)61-27-15-26-55-51-23-11-14-29-63(51)72-68(55)61)49-21-9-10-22-50(49)57(58)42-60(67(54)65)53-37-35-48(40-66(53)73)69(44-17-5-3-6-18-44)47-36-38-64-59(39-47)52-24-12-13-28-62(52)71-64/h3-42H,1-2H3. The molecule has 0 spiro atoms. The van der Waals surface area contributed by atoms with Crippen molar-refractivity contribution in [3.8, 4) is 22.3 Å². The van der Waals surface area contributed by atoms with E-state index < -0.39 is 8.07 Å². The first-order valence-electron chi connectivity index (χ1n) is 25.2. The van der Waals surface area contributed by atoms with Gasteiger partial charge in [-0.1, -0.05) is 159 Å². The van der Waals surface area contributed by atoms with Crippen LogP contribution in [0, 0.1) is 0 Å². The molecule has 0 unspecified atom stereocenters. The molecular weight excluding hydrogens is 905 g/mol. The summed E-state index contributed by atoms with van der Waals surface area (Å²) in [6.07, 6.45) is 0. The third-order valence-electron chi connectivity index (χ3n) is 15.6. The summed E-state index contributed by atoms with van der Waals surface area (Å²) < 4.78 is 12.9. The minimum atomic E-state index is -2.28. The summed E-state index contributed by atoms with van der Waals surface area (Å²) in [6.45, 7) is 5.07. The van der Waals surface area contributed by atoms with Crippen LogP contribution >= 0.6 is 0 Å². The van der Waals surface area contributed by atoms with E-state index in [1.165, 1.54) is 64.9 Å². The number of rotatable bonds is 7.